The fourth-order valence-electron chi connectivity index (χ4n) is 1.81. The quantitative estimate of drug-likeness (QED) is 0.626. The second kappa shape index (κ2) is 8.85. The van der Waals surface area contributed by atoms with Gasteiger partial charge in [0.05, 0.1) is 0 Å². The lowest BCUT2D eigenvalue weighted by Crippen LogP contribution is -2.30. The largest absolute Gasteiger partial charge is 0.452 e. The van der Waals surface area contributed by atoms with Crippen molar-refractivity contribution in [1.82, 2.24) is 5.32 Å². The molecule has 0 bridgehead atoms. The first-order valence-electron chi connectivity index (χ1n) is 7.03. The van der Waals surface area contributed by atoms with Gasteiger partial charge in [0, 0.05) is 17.5 Å². The number of esters is 1. The lowest BCUT2D eigenvalue weighted by atomic mass is 10.1. The summed E-state index contributed by atoms with van der Waals surface area (Å²) in [5.41, 5.74) is 0.531. The van der Waals surface area contributed by atoms with Gasteiger partial charge < -0.3 is 10.1 Å². The summed E-state index contributed by atoms with van der Waals surface area (Å²) < 4.78 is 18.2. The maximum atomic E-state index is 13.4. The molecule has 120 valence electrons. The Morgan fingerprint density at radius 1 is 1.22 bits per heavy atom. The molecule has 1 heterocycles. The van der Waals surface area contributed by atoms with Crippen molar-refractivity contribution in [2.45, 2.75) is 6.42 Å². The second-order valence-electron chi connectivity index (χ2n) is 4.65. The molecule has 0 saturated carbocycles. The molecular formula is C17H16FNO3S. The fraction of sp³-hybridized carbons (Fsp3) is 0.176. The minimum Gasteiger partial charge on any atom is -0.452 e. The normalized spacial score (nSPS) is 10.7. The molecule has 0 fully saturated rings. The zero-order valence-electron chi connectivity index (χ0n) is 12.3. The molecule has 0 radical (unpaired) electrons. The highest BCUT2D eigenvalue weighted by Gasteiger charge is 2.06. The molecule has 0 saturated heterocycles. The number of ether oxygens (including phenoxy) is 1. The lowest BCUT2D eigenvalue weighted by Gasteiger charge is -2.06. The second-order valence-corrected chi connectivity index (χ2v) is 5.63. The lowest BCUT2D eigenvalue weighted by molar-refractivity contribution is -0.143. The molecule has 6 heteroatoms. The van der Waals surface area contributed by atoms with Gasteiger partial charge in [-0.05, 0) is 35.6 Å². The average molecular weight is 333 g/mol. The van der Waals surface area contributed by atoms with Crippen LogP contribution in [0.5, 0.6) is 0 Å². The van der Waals surface area contributed by atoms with Crippen LogP contribution < -0.4 is 5.32 Å². The standard InChI is InChI=1S/C17H16FNO3S/c18-15-6-2-1-4-13(15)9-10-19-16(20)12-22-17(21)8-7-14-5-3-11-23-14/h1-8,11H,9-10,12H2,(H,19,20)/b8-7+. The number of hydrogen-bond acceptors (Lipinski definition) is 4. The van der Waals surface area contributed by atoms with Crippen LogP contribution >= 0.6 is 11.3 Å². The highest BCUT2D eigenvalue weighted by Crippen LogP contribution is 2.10. The van der Waals surface area contributed by atoms with Crippen LogP contribution in [0.3, 0.4) is 0 Å². The van der Waals surface area contributed by atoms with Gasteiger partial charge in [0.1, 0.15) is 5.82 Å². The number of carbonyl (C=O) groups excluding carboxylic acids is 2. The van der Waals surface area contributed by atoms with Gasteiger partial charge in [0.25, 0.3) is 5.91 Å². The van der Waals surface area contributed by atoms with Crippen LogP contribution in [-0.4, -0.2) is 25.0 Å². The predicted octanol–water partition coefficient (Wildman–Crippen LogP) is 2.80. The van der Waals surface area contributed by atoms with E-state index in [4.69, 9.17) is 4.74 Å². The molecule has 1 aromatic carbocycles. The number of hydrogen-bond donors (Lipinski definition) is 1. The molecule has 1 aromatic heterocycles. The molecule has 0 atom stereocenters. The first-order valence-corrected chi connectivity index (χ1v) is 7.91. The van der Waals surface area contributed by atoms with Crippen molar-refractivity contribution in [2.24, 2.45) is 0 Å². The third kappa shape index (κ3) is 6.04. The van der Waals surface area contributed by atoms with E-state index < -0.39 is 11.9 Å². The maximum absolute atomic E-state index is 13.4. The van der Waals surface area contributed by atoms with E-state index in [0.717, 1.165) is 4.88 Å². The van der Waals surface area contributed by atoms with Crippen molar-refractivity contribution >= 4 is 29.3 Å². The number of halogens is 1. The zero-order chi connectivity index (χ0) is 16.5. The van der Waals surface area contributed by atoms with Crippen LogP contribution in [0.25, 0.3) is 6.08 Å². The van der Waals surface area contributed by atoms with Crippen molar-refractivity contribution in [3.8, 4) is 0 Å². The minimum absolute atomic E-state index is 0.280. The summed E-state index contributed by atoms with van der Waals surface area (Å²) in [5, 5.41) is 4.48. The van der Waals surface area contributed by atoms with Gasteiger partial charge in [-0.2, -0.15) is 0 Å². The molecule has 0 aliphatic rings. The third-order valence-electron chi connectivity index (χ3n) is 2.95. The maximum Gasteiger partial charge on any atom is 0.331 e. The topological polar surface area (TPSA) is 55.4 Å². The number of carbonyl (C=O) groups is 2. The van der Waals surface area contributed by atoms with Crippen molar-refractivity contribution < 1.29 is 18.7 Å². The van der Waals surface area contributed by atoms with Crippen molar-refractivity contribution in [3.05, 3.63) is 64.1 Å². The predicted molar refractivity (Wildman–Crippen MR) is 87.4 cm³/mol. The SMILES string of the molecule is O=C(COC(=O)/C=C/c1cccs1)NCCc1ccccc1F. The summed E-state index contributed by atoms with van der Waals surface area (Å²) in [4.78, 5) is 23.9. The van der Waals surface area contributed by atoms with Gasteiger partial charge in [-0.15, -0.1) is 11.3 Å². The molecular weight excluding hydrogens is 317 g/mol. The Hall–Kier alpha value is -2.47. The van der Waals surface area contributed by atoms with E-state index in [1.807, 2.05) is 17.5 Å². The van der Waals surface area contributed by atoms with Crippen LogP contribution in [0.1, 0.15) is 10.4 Å². The summed E-state index contributed by atoms with van der Waals surface area (Å²) >= 11 is 1.49. The van der Waals surface area contributed by atoms with Gasteiger partial charge in [-0.25, -0.2) is 9.18 Å². The Kier molecular flexibility index (Phi) is 6.50. The highest BCUT2D eigenvalue weighted by molar-refractivity contribution is 7.10. The van der Waals surface area contributed by atoms with E-state index in [2.05, 4.69) is 5.32 Å². The van der Waals surface area contributed by atoms with E-state index in [1.54, 1.807) is 24.3 Å². The minimum atomic E-state index is -0.581. The van der Waals surface area contributed by atoms with Crippen LogP contribution in [-0.2, 0) is 20.7 Å². The molecule has 0 spiro atoms. The molecule has 2 aromatic rings. The Labute approximate surface area is 137 Å². The molecule has 0 aliphatic heterocycles. The first kappa shape index (κ1) is 16.9. The van der Waals surface area contributed by atoms with Crippen molar-refractivity contribution in [1.29, 1.82) is 0 Å². The molecule has 1 N–H and O–H groups in total. The van der Waals surface area contributed by atoms with Gasteiger partial charge in [-0.3, -0.25) is 4.79 Å². The molecule has 0 aliphatic carbocycles. The molecule has 1 amide bonds. The average Bonchev–Trinajstić information content (AvgIpc) is 3.06. The van der Waals surface area contributed by atoms with E-state index >= 15 is 0 Å². The number of rotatable bonds is 7. The Morgan fingerprint density at radius 2 is 2.04 bits per heavy atom. The monoisotopic (exact) mass is 333 g/mol. The van der Waals surface area contributed by atoms with Gasteiger partial charge in [0.2, 0.25) is 0 Å². The van der Waals surface area contributed by atoms with Crippen molar-refractivity contribution in [2.75, 3.05) is 13.2 Å². The molecule has 23 heavy (non-hydrogen) atoms. The van der Waals surface area contributed by atoms with Gasteiger partial charge >= 0.3 is 5.97 Å². The van der Waals surface area contributed by atoms with E-state index in [-0.39, 0.29) is 19.0 Å². The van der Waals surface area contributed by atoms with Crippen LogP contribution in [0.2, 0.25) is 0 Å². The Balaban J connectivity index is 1.65. The number of amides is 1. The molecule has 0 unspecified atom stereocenters. The summed E-state index contributed by atoms with van der Waals surface area (Å²) in [6, 6.07) is 10.1. The Morgan fingerprint density at radius 3 is 2.78 bits per heavy atom. The van der Waals surface area contributed by atoms with Gasteiger partial charge in [-0.1, -0.05) is 24.3 Å². The summed E-state index contributed by atoms with van der Waals surface area (Å²) in [7, 11) is 0. The fourth-order valence-corrected chi connectivity index (χ4v) is 2.43. The van der Waals surface area contributed by atoms with Crippen LogP contribution in [0.15, 0.2) is 47.9 Å². The summed E-state index contributed by atoms with van der Waals surface area (Å²) in [6.45, 7) is -0.0762. The third-order valence-corrected chi connectivity index (χ3v) is 3.78. The number of nitrogens with one attached hydrogen (secondary N) is 1. The highest BCUT2D eigenvalue weighted by atomic mass is 32.1. The zero-order valence-corrected chi connectivity index (χ0v) is 13.1. The van der Waals surface area contributed by atoms with Crippen LogP contribution in [0, 0.1) is 5.82 Å². The van der Waals surface area contributed by atoms with E-state index in [1.165, 1.54) is 23.5 Å². The smallest absolute Gasteiger partial charge is 0.331 e. The molecule has 2 rings (SSSR count). The first-order chi connectivity index (χ1) is 11.1. The van der Waals surface area contributed by atoms with Crippen LogP contribution in [0.4, 0.5) is 4.39 Å². The van der Waals surface area contributed by atoms with Crippen molar-refractivity contribution in [3.63, 3.8) is 0 Å². The summed E-state index contributed by atoms with van der Waals surface area (Å²) in [6.07, 6.45) is 3.28. The Bertz CT molecular complexity index is 683. The number of thiophene rings is 1. The number of benzene rings is 1. The van der Waals surface area contributed by atoms with E-state index in [9.17, 15) is 14.0 Å². The van der Waals surface area contributed by atoms with E-state index in [0.29, 0.717) is 12.0 Å². The molecule has 4 nitrogen and oxygen atoms in total. The summed E-state index contributed by atoms with van der Waals surface area (Å²) in [5.74, 6) is -1.30. The van der Waals surface area contributed by atoms with Gasteiger partial charge in [0.15, 0.2) is 6.61 Å².